The van der Waals surface area contributed by atoms with Crippen molar-refractivity contribution in [3.8, 4) is 5.75 Å². The van der Waals surface area contributed by atoms with Crippen molar-refractivity contribution < 1.29 is 14.3 Å². The zero-order chi connectivity index (χ0) is 17.4. The average Bonchev–Trinajstić information content (AvgIpc) is 2.58. The number of carbonyl (C=O) groups is 1. The van der Waals surface area contributed by atoms with E-state index < -0.39 is 0 Å². The van der Waals surface area contributed by atoms with E-state index in [2.05, 4.69) is 24.1 Å². The van der Waals surface area contributed by atoms with Crippen LogP contribution >= 0.6 is 0 Å². The summed E-state index contributed by atoms with van der Waals surface area (Å²) in [6, 6.07) is 8.09. The smallest absolute Gasteiger partial charge is 0.224 e. The average molecular weight is 334 g/mol. The van der Waals surface area contributed by atoms with Gasteiger partial charge < -0.3 is 14.8 Å². The minimum Gasteiger partial charge on any atom is -0.494 e. The van der Waals surface area contributed by atoms with Crippen molar-refractivity contribution in [2.45, 2.75) is 33.2 Å². The van der Waals surface area contributed by atoms with Crippen molar-refractivity contribution in [2.24, 2.45) is 5.92 Å². The minimum absolute atomic E-state index is 0.0677. The Hall–Kier alpha value is -1.59. The number of hydrogen-bond acceptors (Lipinski definition) is 4. The van der Waals surface area contributed by atoms with Crippen LogP contribution in [0.5, 0.6) is 5.75 Å². The number of morpholine rings is 1. The number of carbonyl (C=O) groups excluding carboxylic acids is 1. The van der Waals surface area contributed by atoms with Gasteiger partial charge in [-0.15, -0.1) is 0 Å². The molecule has 1 saturated heterocycles. The molecule has 134 valence electrons. The van der Waals surface area contributed by atoms with Gasteiger partial charge in [-0.3, -0.25) is 9.69 Å². The van der Waals surface area contributed by atoms with Gasteiger partial charge in [-0.1, -0.05) is 26.0 Å². The van der Waals surface area contributed by atoms with Crippen LogP contribution in [0.3, 0.4) is 0 Å². The molecule has 0 radical (unpaired) electrons. The van der Waals surface area contributed by atoms with Crippen LogP contribution in [-0.2, 0) is 16.0 Å². The van der Waals surface area contributed by atoms with Crippen molar-refractivity contribution in [2.75, 3.05) is 39.5 Å². The maximum atomic E-state index is 12.2. The van der Waals surface area contributed by atoms with Gasteiger partial charge in [0.15, 0.2) is 0 Å². The molecule has 1 amide bonds. The van der Waals surface area contributed by atoms with E-state index in [0.717, 1.165) is 37.6 Å². The molecule has 0 saturated carbocycles. The van der Waals surface area contributed by atoms with Gasteiger partial charge in [-0.2, -0.15) is 0 Å². The summed E-state index contributed by atoms with van der Waals surface area (Å²) in [5.41, 5.74) is 1.00. The van der Waals surface area contributed by atoms with Crippen molar-refractivity contribution in [3.63, 3.8) is 0 Å². The minimum atomic E-state index is 0.0677. The number of ether oxygens (including phenoxy) is 2. The van der Waals surface area contributed by atoms with Crippen LogP contribution in [-0.4, -0.2) is 56.3 Å². The quantitative estimate of drug-likeness (QED) is 0.791. The molecule has 0 spiro atoms. The van der Waals surface area contributed by atoms with E-state index in [1.54, 1.807) is 0 Å². The van der Waals surface area contributed by atoms with E-state index in [1.807, 2.05) is 31.2 Å². The summed E-state index contributed by atoms with van der Waals surface area (Å²) >= 11 is 0. The molecular weight excluding hydrogens is 304 g/mol. The summed E-state index contributed by atoms with van der Waals surface area (Å²) < 4.78 is 10.8. The standard InChI is InChI=1S/C19H30N2O3/c1-4-24-17-7-5-16(6-8-17)13-19(22)20-14-18(15(2)3)21-9-11-23-12-10-21/h5-8,15,18H,4,9-14H2,1-3H3,(H,20,22). The summed E-state index contributed by atoms with van der Waals surface area (Å²) in [5.74, 6) is 1.40. The van der Waals surface area contributed by atoms with E-state index in [-0.39, 0.29) is 5.91 Å². The molecule has 1 aromatic rings. The Labute approximate surface area is 145 Å². The molecule has 1 unspecified atom stereocenters. The van der Waals surface area contributed by atoms with Crippen LogP contribution in [0.2, 0.25) is 0 Å². The number of amides is 1. The summed E-state index contributed by atoms with van der Waals surface area (Å²) in [6.45, 7) is 11.2. The van der Waals surface area contributed by atoms with Crippen molar-refractivity contribution in [1.29, 1.82) is 0 Å². The van der Waals surface area contributed by atoms with Gasteiger partial charge in [-0.25, -0.2) is 0 Å². The van der Waals surface area contributed by atoms with E-state index >= 15 is 0 Å². The van der Waals surface area contributed by atoms with Gasteiger partial charge in [0.2, 0.25) is 5.91 Å². The van der Waals surface area contributed by atoms with E-state index in [1.165, 1.54) is 0 Å². The zero-order valence-corrected chi connectivity index (χ0v) is 15.1. The largest absolute Gasteiger partial charge is 0.494 e. The molecule has 0 aromatic heterocycles. The molecule has 1 N–H and O–H groups in total. The molecule has 2 rings (SSSR count). The third kappa shape index (κ3) is 5.80. The highest BCUT2D eigenvalue weighted by molar-refractivity contribution is 5.78. The first-order chi connectivity index (χ1) is 11.6. The molecule has 1 fully saturated rings. The first kappa shape index (κ1) is 18.7. The zero-order valence-electron chi connectivity index (χ0n) is 15.1. The second-order valence-corrected chi connectivity index (χ2v) is 6.52. The molecule has 1 heterocycles. The highest BCUT2D eigenvalue weighted by Gasteiger charge is 2.24. The van der Waals surface area contributed by atoms with Crippen LogP contribution < -0.4 is 10.1 Å². The lowest BCUT2D eigenvalue weighted by atomic mass is 10.0. The number of hydrogen-bond donors (Lipinski definition) is 1. The maximum absolute atomic E-state index is 12.2. The fourth-order valence-corrected chi connectivity index (χ4v) is 3.03. The lowest BCUT2D eigenvalue weighted by Crippen LogP contribution is -2.51. The third-order valence-corrected chi connectivity index (χ3v) is 4.39. The Balaban J connectivity index is 1.81. The summed E-state index contributed by atoms with van der Waals surface area (Å²) in [7, 11) is 0. The first-order valence-electron chi connectivity index (χ1n) is 8.90. The van der Waals surface area contributed by atoms with Gasteiger partial charge in [-0.05, 0) is 30.5 Å². The molecule has 1 aliphatic rings. The molecule has 24 heavy (non-hydrogen) atoms. The molecule has 0 bridgehead atoms. The van der Waals surface area contributed by atoms with Crippen LogP contribution in [0.1, 0.15) is 26.3 Å². The van der Waals surface area contributed by atoms with Gasteiger partial charge >= 0.3 is 0 Å². The van der Waals surface area contributed by atoms with Gasteiger partial charge in [0.1, 0.15) is 5.75 Å². The van der Waals surface area contributed by atoms with Crippen LogP contribution in [0.25, 0.3) is 0 Å². The van der Waals surface area contributed by atoms with E-state index in [9.17, 15) is 4.79 Å². The second kappa shape index (κ2) is 9.64. The monoisotopic (exact) mass is 334 g/mol. The SMILES string of the molecule is CCOc1ccc(CC(=O)NCC(C(C)C)N2CCOCC2)cc1. The summed E-state index contributed by atoms with van der Waals surface area (Å²) in [4.78, 5) is 14.7. The normalized spacial score (nSPS) is 16.8. The molecule has 1 atom stereocenters. The molecule has 0 aliphatic carbocycles. The third-order valence-electron chi connectivity index (χ3n) is 4.39. The van der Waals surface area contributed by atoms with Gasteiger partial charge in [0, 0.05) is 25.7 Å². The van der Waals surface area contributed by atoms with E-state index in [4.69, 9.17) is 9.47 Å². The number of nitrogens with one attached hydrogen (secondary N) is 1. The number of rotatable bonds is 8. The molecular formula is C19H30N2O3. The highest BCUT2D eigenvalue weighted by Crippen LogP contribution is 2.14. The van der Waals surface area contributed by atoms with E-state index in [0.29, 0.717) is 31.5 Å². The summed E-state index contributed by atoms with van der Waals surface area (Å²) in [6.07, 6.45) is 0.403. The maximum Gasteiger partial charge on any atom is 0.224 e. The molecule has 5 nitrogen and oxygen atoms in total. The lowest BCUT2D eigenvalue weighted by molar-refractivity contribution is -0.120. The summed E-state index contributed by atoms with van der Waals surface area (Å²) in [5, 5.41) is 3.10. The fourth-order valence-electron chi connectivity index (χ4n) is 3.03. The Bertz CT molecular complexity index is 496. The second-order valence-electron chi connectivity index (χ2n) is 6.52. The van der Waals surface area contributed by atoms with Gasteiger partial charge in [0.05, 0.1) is 26.2 Å². The molecule has 1 aromatic carbocycles. The Morgan fingerprint density at radius 1 is 1.25 bits per heavy atom. The predicted octanol–water partition coefficient (Wildman–Crippen LogP) is 2.10. The predicted molar refractivity (Wildman–Crippen MR) is 95.3 cm³/mol. The van der Waals surface area contributed by atoms with Crippen molar-refractivity contribution in [3.05, 3.63) is 29.8 Å². The van der Waals surface area contributed by atoms with Crippen LogP contribution in [0.15, 0.2) is 24.3 Å². The number of nitrogens with zero attached hydrogens (tertiary/aromatic N) is 1. The molecule has 1 aliphatic heterocycles. The Morgan fingerprint density at radius 3 is 2.50 bits per heavy atom. The van der Waals surface area contributed by atoms with Crippen LogP contribution in [0.4, 0.5) is 0 Å². The van der Waals surface area contributed by atoms with Crippen molar-refractivity contribution in [1.82, 2.24) is 10.2 Å². The fraction of sp³-hybridized carbons (Fsp3) is 0.632. The Morgan fingerprint density at radius 2 is 1.92 bits per heavy atom. The van der Waals surface area contributed by atoms with Gasteiger partial charge in [0.25, 0.3) is 0 Å². The van der Waals surface area contributed by atoms with Crippen molar-refractivity contribution >= 4 is 5.91 Å². The van der Waals surface area contributed by atoms with Crippen LogP contribution in [0, 0.1) is 5.92 Å². The number of benzene rings is 1. The topological polar surface area (TPSA) is 50.8 Å². The Kier molecular flexibility index (Phi) is 7.53. The first-order valence-corrected chi connectivity index (χ1v) is 8.90. The molecule has 5 heteroatoms. The lowest BCUT2D eigenvalue weighted by Gasteiger charge is -2.36. The highest BCUT2D eigenvalue weighted by atomic mass is 16.5.